The smallest absolute Gasteiger partial charge is 0.303 e. The number of methoxy groups -OCH3 is 1. The Morgan fingerprint density at radius 1 is 1.28 bits per heavy atom. The molecule has 0 fully saturated rings. The van der Waals surface area contributed by atoms with E-state index in [4.69, 9.17) is 9.84 Å². The summed E-state index contributed by atoms with van der Waals surface area (Å²) in [5.41, 5.74) is 0.171. The second-order valence-electron chi connectivity index (χ2n) is 4.74. The molecule has 0 aliphatic heterocycles. The van der Waals surface area contributed by atoms with Crippen molar-refractivity contribution in [2.75, 3.05) is 7.11 Å². The van der Waals surface area contributed by atoms with Crippen LogP contribution < -0.4 is 4.74 Å². The number of carboxylic acid groups (broad SMARTS) is 1. The van der Waals surface area contributed by atoms with E-state index in [0.717, 1.165) is 17.7 Å². The van der Waals surface area contributed by atoms with E-state index >= 15 is 0 Å². The molecule has 0 amide bonds. The summed E-state index contributed by atoms with van der Waals surface area (Å²) in [6.45, 7) is 1.68. The average Bonchev–Trinajstić information content (AvgIpc) is 2.35. The number of ether oxygens (including phenoxy) is 1. The molecule has 0 bridgehead atoms. The third kappa shape index (κ3) is 5.19. The van der Waals surface area contributed by atoms with Gasteiger partial charge in [-0.05, 0) is 43.9 Å². The van der Waals surface area contributed by atoms with Crippen molar-refractivity contribution in [2.45, 2.75) is 38.2 Å². The predicted molar refractivity (Wildman–Crippen MR) is 68.8 cm³/mol. The first-order chi connectivity index (χ1) is 8.43. The van der Waals surface area contributed by atoms with Gasteiger partial charge in [0.25, 0.3) is 0 Å². The molecule has 0 heterocycles. The van der Waals surface area contributed by atoms with Gasteiger partial charge in [0.05, 0.1) is 12.7 Å². The fourth-order valence-electron chi connectivity index (χ4n) is 1.71. The van der Waals surface area contributed by atoms with E-state index in [0.29, 0.717) is 6.42 Å². The highest BCUT2D eigenvalue weighted by molar-refractivity contribution is 5.66. The van der Waals surface area contributed by atoms with E-state index in [1.54, 1.807) is 14.0 Å². The van der Waals surface area contributed by atoms with Gasteiger partial charge in [0, 0.05) is 6.42 Å². The molecule has 1 atom stereocenters. The van der Waals surface area contributed by atoms with Crippen LogP contribution in [-0.4, -0.2) is 28.9 Å². The number of carboxylic acids is 1. The van der Waals surface area contributed by atoms with Crippen LogP contribution in [0.15, 0.2) is 24.3 Å². The Hall–Kier alpha value is -1.55. The minimum atomic E-state index is -0.932. The summed E-state index contributed by atoms with van der Waals surface area (Å²) >= 11 is 0. The lowest BCUT2D eigenvalue weighted by Crippen LogP contribution is -2.25. The van der Waals surface area contributed by atoms with Crippen molar-refractivity contribution >= 4 is 5.97 Å². The molecule has 0 aliphatic carbocycles. The second kappa shape index (κ2) is 6.40. The summed E-state index contributed by atoms with van der Waals surface area (Å²) in [5.74, 6) is -0.0730. The number of aliphatic hydroxyl groups is 1. The molecule has 0 aliphatic rings. The lowest BCUT2D eigenvalue weighted by Gasteiger charge is -2.22. The van der Waals surface area contributed by atoms with Crippen LogP contribution in [0.2, 0.25) is 0 Å². The van der Waals surface area contributed by atoms with Gasteiger partial charge in [-0.15, -0.1) is 0 Å². The molecule has 0 aromatic heterocycles. The molecule has 4 nitrogen and oxygen atoms in total. The second-order valence-corrected chi connectivity index (χ2v) is 4.74. The van der Waals surface area contributed by atoms with Crippen molar-refractivity contribution in [3.8, 4) is 5.75 Å². The molecular weight excluding hydrogens is 232 g/mol. The van der Waals surface area contributed by atoms with Gasteiger partial charge < -0.3 is 14.9 Å². The maximum atomic E-state index is 10.5. The Labute approximate surface area is 107 Å². The van der Waals surface area contributed by atoms with Crippen LogP contribution in [0.3, 0.4) is 0 Å². The summed E-state index contributed by atoms with van der Waals surface area (Å²) < 4.78 is 5.06. The van der Waals surface area contributed by atoms with E-state index in [2.05, 4.69) is 0 Å². The zero-order chi connectivity index (χ0) is 13.6. The highest BCUT2D eigenvalue weighted by Gasteiger charge is 2.21. The quantitative estimate of drug-likeness (QED) is 0.781. The van der Waals surface area contributed by atoms with Crippen LogP contribution in [0.4, 0.5) is 0 Å². The van der Waals surface area contributed by atoms with E-state index in [1.165, 1.54) is 0 Å². The first kappa shape index (κ1) is 14.5. The zero-order valence-electron chi connectivity index (χ0n) is 10.8. The number of hydrogen-bond acceptors (Lipinski definition) is 3. The summed E-state index contributed by atoms with van der Waals surface area (Å²) in [6, 6.07) is 7.65. The fourth-order valence-corrected chi connectivity index (χ4v) is 1.71. The van der Waals surface area contributed by atoms with Crippen molar-refractivity contribution in [1.82, 2.24) is 0 Å². The highest BCUT2D eigenvalue weighted by atomic mass is 16.5. The summed E-state index contributed by atoms with van der Waals surface area (Å²) in [4.78, 5) is 10.5. The molecule has 2 N–H and O–H groups in total. The molecule has 1 unspecified atom stereocenters. The minimum absolute atomic E-state index is 0.00435. The van der Waals surface area contributed by atoms with Crippen molar-refractivity contribution < 1.29 is 19.7 Å². The van der Waals surface area contributed by atoms with Crippen molar-refractivity contribution in [2.24, 2.45) is 0 Å². The highest BCUT2D eigenvalue weighted by Crippen LogP contribution is 2.20. The molecule has 0 saturated carbocycles. The van der Waals surface area contributed by atoms with Gasteiger partial charge >= 0.3 is 5.97 Å². The van der Waals surface area contributed by atoms with Gasteiger partial charge in [0.2, 0.25) is 0 Å². The minimum Gasteiger partial charge on any atom is -0.497 e. The largest absolute Gasteiger partial charge is 0.497 e. The SMILES string of the molecule is COc1ccc(CCC(C)(O)CCC(=O)O)cc1. The number of aliphatic carboxylic acids is 1. The summed E-state index contributed by atoms with van der Waals surface area (Å²) in [6.07, 6.45) is 1.54. The van der Waals surface area contributed by atoms with Gasteiger partial charge in [-0.3, -0.25) is 4.79 Å². The number of benzene rings is 1. The molecule has 1 aromatic carbocycles. The third-order valence-corrected chi connectivity index (χ3v) is 2.99. The standard InChI is InChI=1S/C14H20O4/c1-14(17,10-8-13(15)16)9-7-11-3-5-12(18-2)6-4-11/h3-6,17H,7-10H2,1-2H3,(H,15,16). The number of hydrogen-bond donors (Lipinski definition) is 2. The maximum absolute atomic E-state index is 10.5. The Morgan fingerprint density at radius 3 is 2.39 bits per heavy atom. The Balaban J connectivity index is 2.45. The molecule has 1 rings (SSSR count). The Kier molecular flexibility index (Phi) is 5.16. The van der Waals surface area contributed by atoms with E-state index in [9.17, 15) is 9.90 Å². The van der Waals surface area contributed by atoms with Crippen LogP contribution in [-0.2, 0) is 11.2 Å². The number of rotatable bonds is 7. The third-order valence-electron chi connectivity index (χ3n) is 2.99. The average molecular weight is 252 g/mol. The number of carbonyl (C=O) groups is 1. The van der Waals surface area contributed by atoms with Crippen molar-refractivity contribution in [3.63, 3.8) is 0 Å². The lowest BCUT2D eigenvalue weighted by atomic mass is 9.92. The number of aryl methyl sites for hydroxylation is 1. The van der Waals surface area contributed by atoms with E-state index < -0.39 is 11.6 Å². The lowest BCUT2D eigenvalue weighted by molar-refractivity contribution is -0.138. The zero-order valence-corrected chi connectivity index (χ0v) is 10.8. The van der Waals surface area contributed by atoms with E-state index in [-0.39, 0.29) is 12.8 Å². The van der Waals surface area contributed by atoms with Gasteiger partial charge in [-0.2, -0.15) is 0 Å². The van der Waals surface area contributed by atoms with Crippen LogP contribution >= 0.6 is 0 Å². The fraction of sp³-hybridized carbons (Fsp3) is 0.500. The van der Waals surface area contributed by atoms with Gasteiger partial charge in [0.15, 0.2) is 0 Å². The first-order valence-corrected chi connectivity index (χ1v) is 6.00. The summed E-state index contributed by atoms with van der Waals surface area (Å²) in [5, 5.41) is 18.6. The molecule has 1 aromatic rings. The molecule has 100 valence electrons. The molecule has 18 heavy (non-hydrogen) atoms. The summed E-state index contributed by atoms with van der Waals surface area (Å²) in [7, 11) is 1.62. The monoisotopic (exact) mass is 252 g/mol. The van der Waals surface area contributed by atoms with Gasteiger partial charge in [0.1, 0.15) is 5.75 Å². The van der Waals surface area contributed by atoms with Crippen molar-refractivity contribution in [1.29, 1.82) is 0 Å². The maximum Gasteiger partial charge on any atom is 0.303 e. The molecular formula is C14H20O4. The molecule has 0 radical (unpaired) electrons. The van der Waals surface area contributed by atoms with Gasteiger partial charge in [-0.25, -0.2) is 0 Å². The van der Waals surface area contributed by atoms with E-state index in [1.807, 2.05) is 24.3 Å². The van der Waals surface area contributed by atoms with Crippen LogP contribution in [0.25, 0.3) is 0 Å². The van der Waals surface area contributed by atoms with Crippen molar-refractivity contribution in [3.05, 3.63) is 29.8 Å². The van der Waals surface area contributed by atoms with Crippen LogP contribution in [0.1, 0.15) is 31.7 Å². The molecule has 4 heteroatoms. The molecule has 0 saturated heterocycles. The molecule has 0 spiro atoms. The normalized spacial score (nSPS) is 13.9. The topological polar surface area (TPSA) is 66.8 Å². The Bertz CT molecular complexity index is 381. The first-order valence-electron chi connectivity index (χ1n) is 6.00. The van der Waals surface area contributed by atoms with Crippen LogP contribution in [0, 0.1) is 0 Å². The Morgan fingerprint density at radius 2 is 1.89 bits per heavy atom. The predicted octanol–water partition coefficient (Wildman–Crippen LogP) is 2.24. The van der Waals surface area contributed by atoms with Gasteiger partial charge in [-0.1, -0.05) is 12.1 Å². The van der Waals surface area contributed by atoms with Crippen LogP contribution in [0.5, 0.6) is 5.75 Å².